The van der Waals surface area contributed by atoms with Gasteiger partial charge in [0, 0.05) is 0 Å². The van der Waals surface area contributed by atoms with Crippen LogP contribution in [0.4, 0.5) is 0 Å². The summed E-state index contributed by atoms with van der Waals surface area (Å²) >= 11 is 12.3. The first-order chi connectivity index (χ1) is 4.74. The summed E-state index contributed by atoms with van der Waals surface area (Å²) < 4.78 is 5.00. The van der Waals surface area contributed by atoms with Gasteiger partial charge >= 0.3 is 85.2 Å². The summed E-state index contributed by atoms with van der Waals surface area (Å²) in [7, 11) is 0. The molecule has 1 aromatic carbocycles. The predicted octanol–water partition coefficient (Wildman–Crippen LogP) is 2.83. The second kappa shape index (κ2) is 3.75. The topological polar surface area (TPSA) is 9.23 Å². The van der Waals surface area contributed by atoms with Gasteiger partial charge in [-0.3, -0.25) is 0 Å². The summed E-state index contributed by atoms with van der Waals surface area (Å²) in [6, 6.07) is 5.19. The molecule has 1 rings (SSSR count). The normalized spacial score (nSPS) is 9.30. The van der Waals surface area contributed by atoms with Crippen molar-refractivity contribution >= 4 is 23.2 Å². The van der Waals surface area contributed by atoms with Crippen molar-refractivity contribution in [2.75, 3.05) is 0 Å². The van der Waals surface area contributed by atoms with Crippen molar-refractivity contribution in [1.29, 1.82) is 0 Å². The molecule has 0 heterocycles. The Kier molecular flexibility index (Phi) is 3.22. The van der Waals surface area contributed by atoms with E-state index in [1.54, 1.807) is 18.2 Å². The molecule has 0 aliphatic heterocycles. The summed E-state index contributed by atoms with van der Waals surface area (Å²) in [5.41, 5.74) is 0. The monoisotopic (exact) mass is 251 g/mol. The molecule has 0 amide bonds. The van der Waals surface area contributed by atoms with E-state index in [-0.39, 0.29) is 0 Å². The second-order valence-corrected chi connectivity index (χ2v) is 2.99. The fourth-order valence-corrected chi connectivity index (χ4v) is 1.14. The van der Waals surface area contributed by atoms with Crippen LogP contribution in [0.3, 0.4) is 0 Å². The third-order valence-corrected chi connectivity index (χ3v) is 2.33. The molecule has 0 radical (unpaired) electrons. The van der Waals surface area contributed by atoms with Crippen LogP contribution in [-0.2, 0) is 25.2 Å². The van der Waals surface area contributed by atoms with E-state index in [0.29, 0.717) is 10.0 Å². The zero-order valence-electron chi connectivity index (χ0n) is 4.90. The SMILES string of the molecule is Clc1ccc([O][Zr])cc1Cl. The van der Waals surface area contributed by atoms with Gasteiger partial charge in [-0.25, -0.2) is 0 Å². The van der Waals surface area contributed by atoms with Crippen LogP contribution in [0.15, 0.2) is 18.2 Å². The molecular weight excluding hydrogens is 250 g/mol. The van der Waals surface area contributed by atoms with Crippen molar-refractivity contribution in [1.82, 2.24) is 0 Å². The standard InChI is InChI=1S/C6H4Cl2O.Zr/c7-5-2-1-4(9)3-6(5)8;/h1-3,9H;/q;+1/p-1. The molecule has 0 atom stereocenters. The quantitative estimate of drug-likeness (QED) is 0.747. The fourth-order valence-electron chi connectivity index (χ4n) is 0.540. The Morgan fingerprint density at radius 2 is 1.90 bits per heavy atom. The maximum atomic E-state index is 5.69. The number of rotatable bonds is 1. The Bertz CT molecular complexity index is 239. The van der Waals surface area contributed by atoms with Gasteiger partial charge in [0.05, 0.1) is 0 Å². The van der Waals surface area contributed by atoms with Gasteiger partial charge in [0.15, 0.2) is 0 Å². The minimum absolute atomic E-state index is 0.529. The molecule has 0 aliphatic carbocycles. The van der Waals surface area contributed by atoms with Gasteiger partial charge in [0.1, 0.15) is 0 Å². The van der Waals surface area contributed by atoms with Crippen molar-refractivity contribution in [2.24, 2.45) is 0 Å². The van der Waals surface area contributed by atoms with Crippen LogP contribution in [0.1, 0.15) is 0 Å². The molecule has 0 unspecified atom stereocenters. The second-order valence-electron chi connectivity index (χ2n) is 1.68. The van der Waals surface area contributed by atoms with Crippen molar-refractivity contribution in [3.05, 3.63) is 28.2 Å². The van der Waals surface area contributed by atoms with Crippen molar-refractivity contribution in [3.63, 3.8) is 0 Å². The van der Waals surface area contributed by atoms with Gasteiger partial charge in [-0.2, -0.15) is 0 Å². The van der Waals surface area contributed by atoms with Crippen LogP contribution in [0.5, 0.6) is 5.75 Å². The first-order valence-electron chi connectivity index (χ1n) is 2.52. The molecule has 0 saturated carbocycles. The van der Waals surface area contributed by atoms with Crippen LogP contribution in [-0.4, -0.2) is 0 Å². The molecule has 1 aromatic rings. The van der Waals surface area contributed by atoms with Gasteiger partial charge in [0.25, 0.3) is 0 Å². The summed E-state index contributed by atoms with van der Waals surface area (Å²) in [5.74, 6) is 0.757. The average Bonchev–Trinajstić information content (AvgIpc) is 1.95. The number of halogens is 2. The van der Waals surface area contributed by atoms with Crippen LogP contribution in [0, 0.1) is 0 Å². The first kappa shape index (κ1) is 8.58. The molecule has 0 bridgehead atoms. The number of benzene rings is 1. The molecule has 0 N–H and O–H groups in total. The predicted molar refractivity (Wildman–Crippen MR) is 37.1 cm³/mol. The Morgan fingerprint density at radius 1 is 1.20 bits per heavy atom. The van der Waals surface area contributed by atoms with Gasteiger partial charge in [-0.1, -0.05) is 0 Å². The molecule has 0 fully saturated rings. The van der Waals surface area contributed by atoms with Crippen molar-refractivity contribution in [2.45, 2.75) is 0 Å². The first-order valence-corrected chi connectivity index (χ1v) is 4.28. The number of hydrogen-bond donors (Lipinski definition) is 0. The molecule has 4 heteroatoms. The third kappa shape index (κ3) is 1.98. The van der Waals surface area contributed by atoms with Gasteiger partial charge in [-0.05, 0) is 0 Å². The molecular formula is C6H3Cl2OZr. The van der Waals surface area contributed by atoms with E-state index in [4.69, 9.17) is 26.0 Å². The van der Waals surface area contributed by atoms with Gasteiger partial charge < -0.3 is 0 Å². The van der Waals surface area contributed by atoms with Crippen LogP contribution < -0.4 is 2.81 Å². The van der Waals surface area contributed by atoms with Crippen molar-refractivity contribution < 1.29 is 28.0 Å². The summed E-state index contributed by atoms with van der Waals surface area (Å²) in [6.07, 6.45) is 0. The number of hydrogen-bond acceptors (Lipinski definition) is 1. The van der Waals surface area contributed by atoms with Gasteiger partial charge in [0.2, 0.25) is 0 Å². The molecule has 1 nitrogen and oxygen atoms in total. The zero-order chi connectivity index (χ0) is 7.56. The average molecular weight is 253 g/mol. The molecule has 0 spiro atoms. The molecule has 0 aliphatic rings. The summed E-state index contributed by atoms with van der Waals surface area (Å²) in [6.45, 7) is 0. The Balaban J connectivity index is 3.04. The zero-order valence-corrected chi connectivity index (χ0v) is 8.87. The van der Waals surface area contributed by atoms with Gasteiger partial charge in [-0.15, -0.1) is 0 Å². The van der Waals surface area contributed by atoms with E-state index in [0.717, 1.165) is 30.9 Å². The van der Waals surface area contributed by atoms with Crippen LogP contribution in [0.2, 0.25) is 10.0 Å². The molecule has 10 heavy (non-hydrogen) atoms. The van der Waals surface area contributed by atoms with E-state index in [1.165, 1.54) is 0 Å². The van der Waals surface area contributed by atoms with E-state index >= 15 is 0 Å². The van der Waals surface area contributed by atoms with E-state index in [2.05, 4.69) is 0 Å². The molecule has 51 valence electrons. The Labute approximate surface area is 84.7 Å². The van der Waals surface area contributed by atoms with E-state index < -0.39 is 0 Å². The summed E-state index contributed by atoms with van der Waals surface area (Å²) in [5, 5.41) is 1.08. The Morgan fingerprint density at radius 3 is 2.40 bits per heavy atom. The maximum absolute atomic E-state index is 5.69. The third-order valence-electron chi connectivity index (χ3n) is 1.01. The fraction of sp³-hybridized carbons (Fsp3) is 0. The molecule has 0 saturated heterocycles. The van der Waals surface area contributed by atoms with E-state index in [1.807, 2.05) is 0 Å². The molecule has 0 aromatic heterocycles. The van der Waals surface area contributed by atoms with Crippen LogP contribution in [0.25, 0.3) is 0 Å². The van der Waals surface area contributed by atoms with Crippen LogP contribution >= 0.6 is 23.2 Å². The summed E-state index contributed by atoms with van der Waals surface area (Å²) in [4.78, 5) is 0. The Hall–Kier alpha value is 0.483. The minimum atomic E-state index is 0.529. The van der Waals surface area contributed by atoms with Crippen molar-refractivity contribution in [3.8, 4) is 5.75 Å². The van der Waals surface area contributed by atoms with E-state index in [9.17, 15) is 0 Å².